The molecule has 2 aliphatic rings. The molecule has 3 rings (SSSR count). The molecular formula is C17H22N2O2S. The van der Waals surface area contributed by atoms with Gasteiger partial charge in [-0.1, -0.05) is 17.7 Å². The van der Waals surface area contributed by atoms with Crippen LogP contribution in [0.2, 0.25) is 0 Å². The average molecular weight is 318 g/mol. The summed E-state index contributed by atoms with van der Waals surface area (Å²) in [5, 5.41) is 7.21. The van der Waals surface area contributed by atoms with E-state index in [-0.39, 0.29) is 0 Å². The minimum absolute atomic E-state index is 0.308. The highest BCUT2D eigenvalue weighted by atomic mass is 32.1. The smallest absolute Gasteiger partial charge is 0.231 e. The van der Waals surface area contributed by atoms with Gasteiger partial charge in [0.1, 0.15) is 0 Å². The first-order valence-corrected chi connectivity index (χ1v) is 8.30. The molecular weight excluding hydrogens is 296 g/mol. The summed E-state index contributed by atoms with van der Waals surface area (Å²) in [4.78, 5) is 0. The lowest BCUT2D eigenvalue weighted by atomic mass is 9.97. The minimum Gasteiger partial charge on any atom is -0.454 e. The van der Waals surface area contributed by atoms with E-state index in [1.54, 1.807) is 5.57 Å². The van der Waals surface area contributed by atoms with Crippen LogP contribution < -0.4 is 20.1 Å². The molecule has 0 radical (unpaired) electrons. The Morgan fingerprint density at radius 2 is 2.05 bits per heavy atom. The first kappa shape index (κ1) is 15.2. The van der Waals surface area contributed by atoms with Crippen LogP contribution in [0.3, 0.4) is 0 Å². The largest absolute Gasteiger partial charge is 0.454 e. The van der Waals surface area contributed by atoms with E-state index in [0.29, 0.717) is 18.5 Å². The molecule has 0 spiro atoms. The molecule has 5 heteroatoms. The van der Waals surface area contributed by atoms with Gasteiger partial charge in [0.05, 0.1) is 0 Å². The van der Waals surface area contributed by atoms with Gasteiger partial charge in [0.2, 0.25) is 6.79 Å². The lowest BCUT2D eigenvalue weighted by molar-refractivity contribution is 0.174. The van der Waals surface area contributed by atoms with Crippen molar-refractivity contribution in [2.75, 3.05) is 13.3 Å². The van der Waals surface area contributed by atoms with Crippen molar-refractivity contribution in [3.05, 3.63) is 35.4 Å². The highest BCUT2D eigenvalue weighted by Crippen LogP contribution is 2.32. The molecule has 4 nitrogen and oxygen atoms in total. The van der Waals surface area contributed by atoms with Gasteiger partial charge in [0.15, 0.2) is 16.6 Å². The van der Waals surface area contributed by atoms with E-state index in [0.717, 1.165) is 30.0 Å². The summed E-state index contributed by atoms with van der Waals surface area (Å²) < 4.78 is 10.7. The Hall–Kier alpha value is -1.75. The van der Waals surface area contributed by atoms with E-state index in [2.05, 4.69) is 16.7 Å². The van der Waals surface area contributed by atoms with E-state index < -0.39 is 0 Å². The van der Waals surface area contributed by atoms with Crippen LogP contribution in [-0.4, -0.2) is 18.5 Å². The minimum atomic E-state index is 0.308. The van der Waals surface area contributed by atoms with Crippen molar-refractivity contribution in [1.82, 2.24) is 10.6 Å². The molecule has 0 unspecified atom stereocenters. The van der Waals surface area contributed by atoms with E-state index in [1.807, 2.05) is 18.2 Å². The van der Waals surface area contributed by atoms with Crippen molar-refractivity contribution in [1.29, 1.82) is 0 Å². The summed E-state index contributed by atoms with van der Waals surface area (Å²) in [6.45, 7) is 1.89. The van der Waals surface area contributed by atoms with Gasteiger partial charge in [-0.3, -0.25) is 0 Å². The molecule has 0 amide bonds. The molecule has 1 aromatic rings. The highest BCUT2D eigenvalue weighted by molar-refractivity contribution is 7.80. The lowest BCUT2D eigenvalue weighted by Crippen LogP contribution is -2.35. The van der Waals surface area contributed by atoms with Gasteiger partial charge in [0, 0.05) is 13.1 Å². The fourth-order valence-corrected chi connectivity index (χ4v) is 2.94. The number of rotatable bonds is 5. The van der Waals surface area contributed by atoms with Crippen molar-refractivity contribution < 1.29 is 9.47 Å². The Labute approximate surface area is 136 Å². The normalized spacial score (nSPS) is 16.1. The first-order chi connectivity index (χ1) is 10.8. The molecule has 1 heterocycles. The number of allylic oxidation sites excluding steroid dienone is 1. The molecule has 0 atom stereocenters. The standard InChI is InChI=1S/C17H22N2O2S/c22-17(18-9-8-13-4-2-1-3-5-13)19-11-14-6-7-15-16(10-14)21-12-20-15/h4,6-7,10H,1-3,5,8-9,11-12H2,(H2,18,19,22). The van der Waals surface area contributed by atoms with Crippen molar-refractivity contribution in [2.24, 2.45) is 0 Å². The number of hydrogen-bond acceptors (Lipinski definition) is 3. The Kier molecular flexibility index (Phi) is 5.16. The number of thiocarbonyl (C=S) groups is 1. The molecule has 1 aliphatic carbocycles. The average Bonchev–Trinajstić information content (AvgIpc) is 3.01. The molecule has 0 bridgehead atoms. The van der Waals surface area contributed by atoms with Gasteiger partial charge in [-0.25, -0.2) is 0 Å². The van der Waals surface area contributed by atoms with Crippen LogP contribution >= 0.6 is 12.2 Å². The number of nitrogens with one attached hydrogen (secondary N) is 2. The van der Waals surface area contributed by atoms with Crippen molar-refractivity contribution in [3.63, 3.8) is 0 Å². The summed E-state index contributed by atoms with van der Waals surface area (Å²) >= 11 is 5.32. The second-order valence-corrected chi connectivity index (χ2v) is 6.06. The molecule has 1 aliphatic heterocycles. The van der Waals surface area contributed by atoms with Gasteiger partial charge in [-0.2, -0.15) is 0 Å². The SMILES string of the molecule is S=C(NCCC1=CCCCC1)NCc1ccc2c(c1)OCO2. The summed E-state index contributed by atoms with van der Waals surface area (Å²) in [5.41, 5.74) is 2.70. The van der Waals surface area contributed by atoms with E-state index in [1.165, 1.54) is 25.7 Å². The fourth-order valence-electron chi connectivity index (χ4n) is 2.76. The second kappa shape index (κ2) is 7.49. The van der Waals surface area contributed by atoms with Gasteiger partial charge in [-0.15, -0.1) is 0 Å². The van der Waals surface area contributed by atoms with Crippen molar-refractivity contribution >= 4 is 17.3 Å². The molecule has 0 fully saturated rings. The molecule has 2 N–H and O–H groups in total. The molecule has 0 saturated heterocycles. The topological polar surface area (TPSA) is 42.5 Å². The van der Waals surface area contributed by atoms with Crippen LogP contribution in [0.25, 0.3) is 0 Å². The number of ether oxygens (including phenoxy) is 2. The number of hydrogen-bond donors (Lipinski definition) is 2. The molecule has 0 aromatic heterocycles. The summed E-state index contributed by atoms with van der Waals surface area (Å²) in [7, 11) is 0. The summed E-state index contributed by atoms with van der Waals surface area (Å²) in [6, 6.07) is 5.95. The van der Waals surface area contributed by atoms with Crippen molar-refractivity contribution in [3.8, 4) is 11.5 Å². The zero-order valence-corrected chi connectivity index (χ0v) is 13.5. The van der Waals surface area contributed by atoms with E-state index >= 15 is 0 Å². The van der Waals surface area contributed by atoms with Gasteiger partial charge in [-0.05, 0) is 62.0 Å². The zero-order chi connectivity index (χ0) is 15.2. The van der Waals surface area contributed by atoms with Crippen LogP contribution in [0.5, 0.6) is 11.5 Å². The number of fused-ring (bicyclic) bond motifs is 1. The predicted octanol–water partition coefficient (Wildman–Crippen LogP) is 3.27. The maximum atomic E-state index is 5.37. The summed E-state index contributed by atoms with van der Waals surface area (Å²) in [6.07, 6.45) is 8.63. The van der Waals surface area contributed by atoms with E-state index in [9.17, 15) is 0 Å². The Morgan fingerprint density at radius 1 is 1.14 bits per heavy atom. The van der Waals surface area contributed by atoms with Crippen LogP contribution in [0.1, 0.15) is 37.7 Å². The van der Waals surface area contributed by atoms with Gasteiger partial charge < -0.3 is 20.1 Å². The Balaban J connectivity index is 1.38. The Bertz CT molecular complexity index is 572. The fraction of sp³-hybridized carbons (Fsp3) is 0.471. The monoisotopic (exact) mass is 318 g/mol. The van der Waals surface area contributed by atoms with Crippen LogP contribution in [0.15, 0.2) is 29.8 Å². The third kappa shape index (κ3) is 4.13. The maximum absolute atomic E-state index is 5.37. The molecule has 0 saturated carbocycles. The lowest BCUT2D eigenvalue weighted by Gasteiger charge is -2.14. The van der Waals surface area contributed by atoms with Crippen LogP contribution in [0, 0.1) is 0 Å². The third-order valence-electron chi connectivity index (χ3n) is 4.01. The van der Waals surface area contributed by atoms with Gasteiger partial charge >= 0.3 is 0 Å². The van der Waals surface area contributed by atoms with E-state index in [4.69, 9.17) is 21.7 Å². The van der Waals surface area contributed by atoms with Crippen LogP contribution in [-0.2, 0) is 6.54 Å². The predicted molar refractivity (Wildman–Crippen MR) is 91.2 cm³/mol. The van der Waals surface area contributed by atoms with Crippen LogP contribution in [0.4, 0.5) is 0 Å². The number of benzene rings is 1. The summed E-state index contributed by atoms with van der Waals surface area (Å²) in [5.74, 6) is 1.62. The second-order valence-electron chi connectivity index (χ2n) is 5.66. The first-order valence-electron chi connectivity index (χ1n) is 7.89. The quantitative estimate of drug-likeness (QED) is 0.644. The molecule has 118 valence electrons. The van der Waals surface area contributed by atoms with Gasteiger partial charge in [0.25, 0.3) is 0 Å². The van der Waals surface area contributed by atoms with Crippen molar-refractivity contribution in [2.45, 2.75) is 38.6 Å². The molecule has 1 aromatic carbocycles. The maximum Gasteiger partial charge on any atom is 0.231 e. The zero-order valence-electron chi connectivity index (χ0n) is 12.7. The third-order valence-corrected chi connectivity index (χ3v) is 4.30. The highest BCUT2D eigenvalue weighted by Gasteiger charge is 2.13. The molecule has 22 heavy (non-hydrogen) atoms. The Morgan fingerprint density at radius 3 is 2.91 bits per heavy atom.